The van der Waals surface area contributed by atoms with Gasteiger partial charge in [0.05, 0.1) is 5.56 Å². The molecule has 0 atom stereocenters. The van der Waals surface area contributed by atoms with Crippen LogP contribution in [0.4, 0.5) is 0 Å². The summed E-state index contributed by atoms with van der Waals surface area (Å²) in [7, 11) is 0. The third-order valence-corrected chi connectivity index (χ3v) is 5.19. The molecule has 0 bridgehead atoms. The summed E-state index contributed by atoms with van der Waals surface area (Å²) in [5, 5.41) is 0.928. The van der Waals surface area contributed by atoms with Crippen molar-refractivity contribution in [2.45, 2.75) is 0 Å². The molecule has 0 amide bonds. The number of benzene rings is 3. The van der Waals surface area contributed by atoms with Crippen molar-refractivity contribution >= 4 is 57.0 Å². The first kappa shape index (κ1) is 20.3. The molecule has 0 aliphatic carbocycles. The third-order valence-electron chi connectivity index (χ3n) is 3.84. The maximum Gasteiger partial charge on any atom is 0.344 e. The number of hydrogen-bond acceptors (Lipinski definition) is 3. The molecule has 0 saturated carbocycles. The quantitative estimate of drug-likeness (QED) is 0.175. The summed E-state index contributed by atoms with van der Waals surface area (Å²) in [6.45, 7) is 0. The highest BCUT2D eigenvalue weighted by Crippen LogP contribution is 2.26. The van der Waals surface area contributed by atoms with Gasteiger partial charge in [-0.25, -0.2) is 4.79 Å². The van der Waals surface area contributed by atoms with Crippen LogP contribution in [0.2, 0.25) is 10.0 Å². The fraction of sp³-hybridized carbons (Fsp3) is 0. The van der Waals surface area contributed by atoms with Crippen LogP contribution < -0.4 is 4.74 Å². The molecule has 3 nitrogen and oxygen atoms in total. The lowest BCUT2D eigenvalue weighted by Gasteiger charge is -2.06. The average Bonchev–Trinajstić information content (AvgIpc) is 2.68. The van der Waals surface area contributed by atoms with E-state index in [0.717, 1.165) is 0 Å². The fourth-order valence-corrected chi connectivity index (χ4v) is 3.37. The van der Waals surface area contributed by atoms with E-state index in [9.17, 15) is 9.59 Å². The van der Waals surface area contributed by atoms with Crippen LogP contribution in [0.3, 0.4) is 0 Å². The molecule has 0 fully saturated rings. The fourth-order valence-electron chi connectivity index (χ4n) is 2.40. The average molecular weight is 476 g/mol. The highest BCUT2D eigenvalue weighted by Gasteiger charge is 2.12. The van der Waals surface area contributed by atoms with Crippen molar-refractivity contribution in [2.75, 3.05) is 0 Å². The molecule has 0 saturated heterocycles. The van der Waals surface area contributed by atoms with E-state index < -0.39 is 5.97 Å². The van der Waals surface area contributed by atoms with Crippen LogP contribution in [-0.4, -0.2) is 11.8 Å². The van der Waals surface area contributed by atoms with E-state index in [1.165, 1.54) is 6.08 Å². The van der Waals surface area contributed by atoms with E-state index in [1.807, 2.05) is 6.07 Å². The van der Waals surface area contributed by atoms with Crippen molar-refractivity contribution in [3.63, 3.8) is 0 Å². The van der Waals surface area contributed by atoms with Crippen molar-refractivity contribution in [3.8, 4) is 5.75 Å². The number of rotatable bonds is 5. The van der Waals surface area contributed by atoms with Crippen molar-refractivity contribution < 1.29 is 14.3 Å². The van der Waals surface area contributed by atoms with E-state index in [1.54, 1.807) is 66.7 Å². The highest BCUT2D eigenvalue weighted by atomic mass is 79.9. The number of ether oxygens (including phenoxy) is 1. The van der Waals surface area contributed by atoms with E-state index in [2.05, 4.69) is 15.9 Å². The summed E-state index contributed by atoms with van der Waals surface area (Å²) in [6.07, 6.45) is 2.98. The molecular formula is C22H13BrCl2O3. The molecule has 0 aliphatic heterocycles. The standard InChI is InChI=1S/C22H13BrCl2O3/c23-18-5-2-1-4-16(18)22(27)28-15-10-8-14(9-11-15)21(26)13-12-17-19(24)6-3-7-20(17)25/h1-13H/b13-12+. The lowest BCUT2D eigenvalue weighted by molar-refractivity contribution is 0.0733. The van der Waals surface area contributed by atoms with E-state index in [0.29, 0.717) is 37.0 Å². The lowest BCUT2D eigenvalue weighted by Crippen LogP contribution is -2.09. The number of halogens is 3. The molecule has 0 N–H and O–H groups in total. The molecule has 3 aromatic rings. The maximum atomic E-state index is 12.4. The Labute approximate surface area is 180 Å². The van der Waals surface area contributed by atoms with Gasteiger partial charge in [-0.2, -0.15) is 0 Å². The number of carbonyl (C=O) groups is 2. The Morgan fingerprint density at radius 1 is 0.857 bits per heavy atom. The Morgan fingerprint density at radius 2 is 1.50 bits per heavy atom. The maximum absolute atomic E-state index is 12.4. The third kappa shape index (κ3) is 4.90. The summed E-state index contributed by atoms with van der Waals surface area (Å²) >= 11 is 15.5. The second-order valence-corrected chi connectivity index (χ2v) is 7.40. The molecule has 0 aliphatic rings. The van der Waals surface area contributed by atoms with Gasteiger partial charge in [-0.1, -0.05) is 41.4 Å². The number of allylic oxidation sites excluding steroid dienone is 1. The van der Waals surface area contributed by atoms with Crippen molar-refractivity contribution in [2.24, 2.45) is 0 Å². The first-order valence-corrected chi connectivity index (χ1v) is 9.74. The summed E-state index contributed by atoms with van der Waals surface area (Å²) in [4.78, 5) is 24.6. The summed E-state index contributed by atoms with van der Waals surface area (Å²) in [5.74, 6) is -0.366. The minimum atomic E-state index is -0.486. The minimum absolute atomic E-state index is 0.223. The zero-order valence-electron chi connectivity index (χ0n) is 14.4. The Morgan fingerprint density at radius 3 is 2.14 bits per heavy atom. The van der Waals surface area contributed by atoms with Gasteiger partial charge in [0.25, 0.3) is 0 Å². The molecule has 0 aromatic heterocycles. The van der Waals surface area contributed by atoms with Gasteiger partial charge < -0.3 is 4.74 Å². The SMILES string of the molecule is O=C(/C=C/c1c(Cl)cccc1Cl)c1ccc(OC(=O)c2ccccc2Br)cc1. The van der Waals surface area contributed by atoms with Gasteiger partial charge >= 0.3 is 5.97 Å². The topological polar surface area (TPSA) is 43.4 Å². The zero-order chi connectivity index (χ0) is 20.1. The van der Waals surface area contributed by atoms with E-state index in [4.69, 9.17) is 27.9 Å². The van der Waals surface area contributed by atoms with Crippen molar-refractivity contribution in [1.82, 2.24) is 0 Å². The van der Waals surface area contributed by atoms with Gasteiger partial charge in [-0.3, -0.25) is 4.79 Å². The molecule has 6 heteroatoms. The Balaban J connectivity index is 1.70. The van der Waals surface area contributed by atoms with Crippen LogP contribution in [0, 0.1) is 0 Å². The Kier molecular flexibility index (Phi) is 6.68. The van der Waals surface area contributed by atoms with Crippen LogP contribution in [0.5, 0.6) is 5.75 Å². The molecule has 140 valence electrons. The van der Waals surface area contributed by atoms with Crippen LogP contribution in [0.1, 0.15) is 26.3 Å². The van der Waals surface area contributed by atoms with Gasteiger partial charge in [-0.15, -0.1) is 0 Å². The highest BCUT2D eigenvalue weighted by molar-refractivity contribution is 9.10. The monoisotopic (exact) mass is 474 g/mol. The van der Waals surface area contributed by atoms with E-state index >= 15 is 0 Å². The Hall–Kier alpha value is -2.40. The largest absolute Gasteiger partial charge is 0.423 e. The van der Waals surface area contributed by atoms with Crippen LogP contribution in [-0.2, 0) is 0 Å². The molecule has 0 unspecified atom stereocenters. The predicted octanol–water partition coefficient (Wildman–Crippen LogP) is 6.87. The second kappa shape index (κ2) is 9.20. The van der Waals surface area contributed by atoms with Crippen LogP contribution in [0.15, 0.2) is 77.3 Å². The first-order valence-electron chi connectivity index (χ1n) is 8.19. The van der Waals surface area contributed by atoms with Crippen molar-refractivity contribution in [3.05, 3.63) is 104 Å². The predicted molar refractivity (Wildman–Crippen MR) is 115 cm³/mol. The summed E-state index contributed by atoms with van der Waals surface area (Å²) < 4.78 is 5.99. The smallest absolute Gasteiger partial charge is 0.344 e. The Bertz CT molecular complexity index is 1040. The van der Waals surface area contributed by atoms with E-state index in [-0.39, 0.29) is 5.78 Å². The number of carbonyl (C=O) groups excluding carboxylic acids is 2. The number of esters is 1. The zero-order valence-corrected chi connectivity index (χ0v) is 17.5. The summed E-state index contributed by atoms with van der Waals surface area (Å²) in [6, 6.07) is 18.4. The van der Waals surface area contributed by atoms with Crippen LogP contribution >= 0.6 is 39.1 Å². The molecule has 3 aromatic carbocycles. The molecule has 28 heavy (non-hydrogen) atoms. The molecule has 0 radical (unpaired) electrons. The lowest BCUT2D eigenvalue weighted by atomic mass is 10.1. The van der Waals surface area contributed by atoms with Gasteiger partial charge in [0.15, 0.2) is 5.78 Å². The number of hydrogen-bond donors (Lipinski definition) is 0. The molecule has 0 spiro atoms. The van der Waals surface area contributed by atoms with Gasteiger partial charge in [0, 0.05) is 25.6 Å². The molecule has 0 heterocycles. The van der Waals surface area contributed by atoms with Gasteiger partial charge in [0.2, 0.25) is 0 Å². The van der Waals surface area contributed by atoms with Crippen LogP contribution in [0.25, 0.3) is 6.08 Å². The normalized spacial score (nSPS) is 10.8. The summed E-state index contributed by atoms with van der Waals surface area (Å²) in [5.41, 5.74) is 1.44. The van der Waals surface area contributed by atoms with Crippen molar-refractivity contribution in [1.29, 1.82) is 0 Å². The first-order chi connectivity index (χ1) is 13.5. The molecule has 3 rings (SSSR count). The van der Waals surface area contributed by atoms with Gasteiger partial charge in [-0.05, 0) is 76.6 Å². The molecular weight excluding hydrogens is 463 g/mol. The van der Waals surface area contributed by atoms with Gasteiger partial charge in [0.1, 0.15) is 5.75 Å². The second-order valence-electron chi connectivity index (χ2n) is 5.73. The minimum Gasteiger partial charge on any atom is -0.423 e. The number of ketones is 1.